The Bertz CT molecular complexity index is 816. The van der Waals surface area contributed by atoms with Gasteiger partial charge in [-0.3, -0.25) is 10.1 Å². The molecule has 1 N–H and O–H groups in total. The second kappa shape index (κ2) is 6.84. The van der Waals surface area contributed by atoms with Gasteiger partial charge < -0.3 is 8.94 Å². The summed E-state index contributed by atoms with van der Waals surface area (Å²) in [5.74, 6) is 0.537. The van der Waals surface area contributed by atoms with Crippen LogP contribution in [0.4, 0.5) is 5.88 Å². The van der Waals surface area contributed by atoms with E-state index in [4.69, 9.17) is 20.5 Å². The number of hydrogen-bond donors (Lipinski definition) is 1. The number of hydrogen-bond acceptors (Lipinski definition) is 7. The molecule has 0 bridgehead atoms. The van der Waals surface area contributed by atoms with Gasteiger partial charge in [0.05, 0.1) is 11.4 Å². The van der Waals surface area contributed by atoms with E-state index in [-0.39, 0.29) is 11.7 Å². The predicted octanol–water partition coefficient (Wildman–Crippen LogP) is 3.42. The van der Waals surface area contributed by atoms with Crippen molar-refractivity contribution >= 4 is 35.2 Å². The van der Waals surface area contributed by atoms with Crippen LogP contribution in [0.3, 0.4) is 0 Å². The Morgan fingerprint density at radius 3 is 2.78 bits per heavy atom. The van der Waals surface area contributed by atoms with E-state index in [0.29, 0.717) is 27.7 Å². The van der Waals surface area contributed by atoms with Crippen LogP contribution < -0.4 is 5.32 Å². The van der Waals surface area contributed by atoms with Crippen LogP contribution >= 0.6 is 23.4 Å². The summed E-state index contributed by atoms with van der Waals surface area (Å²) in [5, 5.41) is 15.0. The van der Waals surface area contributed by atoms with Gasteiger partial charge in [0.2, 0.25) is 17.7 Å². The van der Waals surface area contributed by atoms with E-state index in [2.05, 4.69) is 20.7 Å². The fourth-order valence-electron chi connectivity index (χ4n) is 1.70. The largest absolute Gasteiger partial charge is 0.411 e. The van der Waals surface area contributed by atoms with E-state index in [1.165, 1.54) is 0 Å². The van der Waals surface area contributed by atoms with E-state index < -0.39 is 0 Å². The van der Waals surface area contributed by atoms with Gasteiger partial charge >= 0.3 is 0 Å². The zero-order valence-corrected chi connectivity index (χ0v) is 13.5. The Kier molecular flexibility index (Phi) is 4.63. The van der Waals surface area contributed by atoms with Gasteiger partial charge in [0.25, 0.3) is 5.22 Å². The minimum atomic E-state index is -0.252. The zero-order valence-electron chi connectivity index (χ0n) is 11.9. The number of halogens is 1. The lowest BCUT2D eigenvalue weighted by molar-refractivity contribution is -0.113. The van der Waals surface area contributed by atoms with Crippen molar-refractivity contribution in [2.45, 2.75) is 12.1 Å². The van der Waals surface area contributed by atoms with Gasteiger partial charge in [-0.1, -0.05) is 28.5 Å². The predicted molar refractivity (Wildman–Crippen MR) is 85.3 cm³/mol. The fraction of sp³-hybridized carbons (Fsp3) is 0.143. The SMILES string of the molecule is Cc1cc(NC(=O)CSc2nnc(-c3ccc(Cl)cc3)o2)on1. The molecule has 7 nitrogen and oxygen atoms in total. The minimum absolute atomic E-state index is 0.113. The average Bonchev–Trinajstić information content (AvgIpc) is 3.15. The van der Waals surface area contributed by atoms with Crippen molar-refractivity contribution in [1.82, 2.24) is 15.4 Å². The zero-order chi connectivity index (χ0) is 16.2. The number of nitrogens with one attached hydrogen (secondary N) is 1. The van der Waals surface area contributed by atoms with Crippen LogP contribution in [0.5, 0.6) is 0 Å². The van der Waals surface area contributed by atoms with Gasteiger partial charge in [-0.15, -0.1) is 10.2 Å². The molecule has 2 heterocycles. The normalized spacial score (nSPS) is 10.7. The maximum atomic E-state index is 11.8. The molecule has 0 fully saturated rings. The number of thioether (sulfide) groups is 1. The summed E-state index contributed by atoms with van der Waals surface area (Å²) < 4.78 is 10.4. The molecule has 1 aromatic carbocycles. The standard InChI is InChI=1S/C14H11ClN4O3S/c1-8-6-12(22-19-8)16-11(20)7-23-14-18-17-13(21-14)9-2-4-10(15)5-3-9/h2-6H,7H2,1H3,(H,16,20). The summed E-state index contributed by atoms with van der Waals surface area (Å²) in [6.45, 7) is 1.77. The maximum Gasteiger partial charge on any atom is 0.277 e. The summed E-state index contributed by atoms with van der Waals surface area (Å²) in [6.07, 6.45) is 0. The molecule has 0 aliphatic rings. The lowest BCUT2D eigenvalue weighted by Gasteiger charge is -1.98. The van der Waals surface area contributed by atoms with Crippen molar-refractivity contribution in [2.75, 3.05) is 11.1 Å². The second-order valence-corrected chi connectivity index (χ2v) is 5.91. The molecule has 0 atom stereocenters. The molecule has 0 spiro atoms. The molecular weight excluding hydrogens is 340 g/mol. The van der Waals surface area contributed by atoms with Crippen molar-refractivity contribution in [2.24, 2.45) is 0 Å². The number of anilines is 1. The summed E-state index contributed by atoms with van der Waals surface area (Å²) in [5.41, 5.74) is 1.45. The van der Waals surface area contributed by atoms with Gasteiger partial charge in [-0.2, -0.15) is 0 Å². The number of aromatic nitrogens is 3. The van der Waals surface area contributed by atoms with Crippen molar-refractivity contribution in [3.8, 4) is 11.5 Å². The maximum absolute atomic E-state index is 11.8. The third-order valence-electron chi connectivity index (χ3n) is 2.71. The first-order chi connectivity index (χ1) is 11.1. The molecule has 3 rings (SSSR count). The van der Waals surface area contributed by atoms with E-state index in [9.17, 15) is 4.79 Å². The number of amides is 1. The molecule has 23 heavy (non-hydrogen) atoms. The summed E-state index contributed by atoms with van der Waals surface area (Å²) in [7, 11) is 0. The highest BCUT2D eigenvalue weighted by atomic mass is 35.5. The van der Waals surface area contributed by atoms with Gasteiger partial charge in [-0.25, -0.2) is 0 Å². The molecule has 0 aliphatic carbocycles. The molecule has 0 aliphatic heterocycles. The van der Waals surface area contributed by atoms with E-state index in [1.807, 2.05) is 0 Å². The van der Waals surface area contributed by atoms with Gasteiger partial charge in [0.15, 0.2) is 0 Å². The molecule has 0 saturated carbocycles. The number of carbonyl (C=O) groups is 1. The third-order valence-corrected chi connectivity index (χ3v) is 3.79. The first kappa shape index (κ1) is 15.6. The second-order valence-electron chi connectivity index (χ2n) is 4.55. The summed E-state index contributed by atoms with van der Waals surface area (Å²) >= 11 is 6.96. The quantitative estimate of drug-likeness (QED) is 0.704. The molecular formula is C14H11ClN4O3S. The van der Waals surface area contributed by atoms with E-state index in [0.717, 1.165) is 17.3 Å². The molecule has 118 valence electrons. The first-order valence-corrected chi connectivity index (χ1v) is 7.92. The van der Waals surface area contributed by atoms with Gasteiger partial charge in [-0.05, 0) is 31.2 Å². The highest BCUT2D eigenvalue weighted by Crippen LogP contribution is 2.24. The average molecular weight is 351 g/mol. The molecule has 2 aromatic heterocycles. The smallest absolute Gasteiger partial charge is 0.277 e. The number of aryl methyl sites for hydroxylation is 1. The Morgan fingerprint density at radius 2 is 2.09 bits per heavy atom. The Labute approximate surface area is 140 Å². The molecule has 1 amide bonds. The molecule has 0 unspecified atom stereocenters. The molecule has 9 heteroatoms. The lowest BCUT2D eigenvalue weighted by atomic mass is 10.2. The number of nitrogens with zero attached hydrogens (tertiary/aromatic N) is 3. The number of rotatable bonds is 5. The van der Waals surface area contributed by atoms with Crippen LogP contribution in [0.1, 0.15) is 5.69 Å². The van der Waals surface area contributed by atoms with E-state index in [1.54, 1.807) is 37.3 Å². The van der Waals surface area contributed by atoms with Crippen LogP contribution in [0.15, 0.2) is 44.5 Å². The first-order valence-electron chi connectivity index (χ1n) is 6.55. The van der Waals surface area contributed by atoms with Crippen LogP contribution in [0.2, 0.25) is 5.02 Å². The van der Waals surface area contributed by atoms with E-state index >= 15 is 0 Å². The highest BCUT2D eigenvalue weighted by molar-refractivity contribution is 7.99. The summed E-state index contributed by atoms with van der Waals surface area (Å²) in [4.78, 5) is 11.8. The lowest BCUT2D eigenvalue weighted by Crippen LogP contribution is -2.13. The molecule has 0 radical (unpaired) electrons. The molecule has 3 aromatic rings. The highest BCUT2D eigenvalue weighted by Gasteiger charge is 2.12. The fourth-order valence-corrected chi connectivity index (χ4v) is 2.39. The number of benzene rings is 1. The van der Waals surface area contributed by atoms with Crippen LogP contribution in [0.25, 0.3) is 11.5 Å². The van der Waals surface area contributed by atoms with Crippen LogP contribution in [-0.2, 0) is 4.79 Å². The number of carbonyl (C=O) groups excluding carboxylic acids is 1. The van der Waals surface area contributed by atoms with Crippen molar-refractivity contribution < 1.29 is 13.7 Å². The van der Waals surface area contributed by atoms with Gasteiger partial charge in [0.1, 0.15) is 0 Å². The van der Waals surface area contributed by atoms with Crippen molar-refractivity contribution in [3.05, 3.63) is 41.0 Å². The Hall–Kier alpha value is -2.32. The third kappa shape index (κ3) is 4.11. The topological polar surface area (TPSA) is 94.1 Å². The van der Waals surface area contributed by atoms with Crippen LogP contribution in [-0.4, -0.2) is 27.0 Å². The Balaban J connectivity index is 1.56. The monoisotopic (exact) mass is 350 g/mol. The minimum Gasteiger partial charge on any atom is -0.411 e. The van der Waals surface area contributed by atoms with Crippen LogP contribution in [0, 0.1) is 6.92 Å². The van der Waals surface area contributed by atoms with Gasteiger partial charge in [0, 0.05) is 16.7 Å². The summed E-state index contributed by atoms with van der Waals surface area (Å²) in [6, 6.07) is 8.67. The Morgan fingerprint density at radius 1 is 1.30 bits per heavy atom. The molecule has 0 saturated heterocycles. The van der Waals surface area contributed by atoms with Crippen molar-refractivity contribution in [3.63, 3.8) is 0 Å². The van der Waals surface area contributed by atoms with Crippen molar-refractivity contribution in [1.29, 1.82) is 0 Å².